The first-order valence-electron chi connectivity index (χ1n) is 12.4. The van der Waals surface area contributed by atoms with Crippen LogP contribution in [0.4, 0.5) is 5.69 Å². The van der Waals surface area contributed by atoms with Crippen LogP contribution in [-0.2, 0) is 10.3 Å². The number of amides is 2. The first-order chi connectivity index (χ1) is 17.7. The molecule has 0 bridgehead atoms. The van der Waals surface area contributed by atoms with E-state index in [2.05, 4.69) is 19.2 Å². The van der Waals surface area contributed by atoms with E-state index < -0.39 is 5.54 Å². The lowest BCUT2D eigenvalue weighted by molar-refractivity contribution is -0.123. The van der Waals surface area contributed by atoms with Gasteiger partial charge in [0.25, 0.3) is 11.8 Å². The summed E-state index contributed by atoms with van der Waals surface area (Å²) in [5.41, 5.74) is 5.22. The molecule has 1 N–H and O–H groups in total. The second kappa shape index (κ2) is 8.33. The Hall–Kier alpha value is -3.35. The number of aryl methyl sites for hydroxylation is 2. The molecule has 1 atom stereocenters. The summed E-state index contributed by atoms with van der Waals surface area (Å²) in [6.07, 6.45) is 2.94. The van der Waals surface area contributed by atoms with Gasteiger partial charge in [0.2, 0.25) is 0 Å². The van der Waals surface area contributed by atoms with Crippen molar-refractivity contribution < 1.29 is 9.59 Å². The van der Waals surface area contributed by atoms with E-state index >= 15 is 0 Å². The number of halogens is 2. The molecule has 0 saturated heterocycles. The Balaban J connectivity index is 1.74. The van der Waals surface area contributed by atoms with Crippen molar-refractivity contribution in [2.45, 2.75) is 52.0 Å². The number of hydrogen-bond acceptors (Lipinski definition) is 3. The maximum absolute atomic E-state index is 14.4. The number of nitrogens with one attached hydrogen (secondary N) is 1. The van der Waals surface area contributed by atoms with Crippen LogP contribution in [0.1, 0.15) is 65.5 Å². The number of benzene rings is 2. The second-order valence-corrected chi connectivity index (χ2v) is 11.1. The lowest BCUT2D eigenvalue weighted by Gasteiger charge is -2.38. The highest BCUT2D eigenvalue weighted by atomic mass is 35.5. The van der Waals surface area contributed by atoms with Crippen LogP contribution < -0.4 is 10.2 Å². The van der Waals surface area contributed by atoms with Crippen molar-refractivity contribution in [1.82, 2.24) is 15.1 Å². The minimum atomic E-state index is -1.38. The number of carbonyl (C=O) groups is 2. The molecule has 3 aliphatic rings. The second-order valence-electron chi connectivity index (χ2n) is 10.2. The van der Waals surface area contributed by atoms with Crippen LogP contribution >= 0.6 is 23.2 Å². The number of hydrogen-bond donors (Lipinski definition) is 1. The van der Waals surface area contributed by atoms with Gasteiger partial charge in [-0.15, -0.1) is 0 Å². The fraction of sp³-hybridized carbons (Fsp3) is 0.276. The zero-order valence-electron chi connectivity index (χ0n) is 21.0. The van der Waals surface area contributed by atoms with Crippen LogP contribution in [0.2, 0.25) is 5.02 Å². The Labute approximate surface area is 225 Å². The predicted molar refractivity (Wildman–Crippen MR) is 145 cm³/mol. The van der Waals surface area contributed by atoms with Gasteiger partial charge in [0.1, 0.15) is 0 Å². The highest BCUT2D eigenvalue weighted by molar-refractivity contribution is 6.31. The molecule has 3 heterocycles. The summed E-state index contributed by atoms with van der Waals surface area (Å²) in [7, 11) is 0. The third-order valence-corrected chi connectivity index (χ3v) is 8.11. The summed E-state index contributed by atoms with van der Waals surface area (Å²) in [4.78, 5) is 30.2. The van der Waals surface area contributed by atoms with Crippen molar-refractivity contribution in [3.05, 3.63) is 97.9 Å². The topological polar surface area (TPSA) is 67.2 Å². The molecule has 2 amide bonds. The van der Waals surface area contributed by atoms with Crippen LogP contribution in [0.25, 0.3) is 5.69 Å². The number of rotatable bonds is 3. The zero-order valence-corrected chi connectivity index (χ0v) is 22.5. The molecule has 0 fully saturated rings. The van der Waals surface area contributed by atoms with Gasteiger partial charge in [0, 0.05) is 21.3 Å². The highest BCUT2D eigenvalue weighted by Gasteiger charge is 2.64. The quantitative estimate of drug-likeness (QED) is 0.423. The Morgan fingerprint density at radius 2 is 1.73 bits per heavy atom. The van der Waals surface area contributed by atoms with E-state index in [9.17, 15) is 9.59 Å². The van der Waals surface area contributed by atoms with Gasteiger partial charge in [-0.1, -0.05) is 61.3 Å². The first-order valence-corrected chi connectivity index (χ1v) is 13.1. The summed E-state index contributed by atoms with van der Waals surface area (Å²) in [6, 6.07) is 13.3. The SMILES string of the molecule is Cc1ccc(Cl)cc1N1C(=O)c2nn(-c3ccccc3C)c(C(C)C)c2C12C(=O)NC1=C2CCC(Cl)=C1. The molecule has 1 aliphatic carbocycles. The molecular weight excluding hydrogens is 507 g/mol. The minimum Gasteiger partial charge on any atom is -0.323 e. The molecule has 37 heavy (non-hydrogen) atoms. The lowest BCUT2D eigenvalue weighted by atomic mass is 9.78. The van der Waals surface area contributed by atoms with Gasteiger partial charge in [-0.3, -0.25) is 14.5 Å². The van der Waals surface area contributed by atoms with E-state index in [-0.39, 0.29) is 23.4 Å². The Morgan fingerprint density at radius 1 is 1.00 bits per heavy atom. The number of para-hydroxylation sites is 1. The molecule has 0 radical (unpaired) electrons. The van der Waals surface area contributed by atoms with E-state index in [1.807, 2.05) is 48.9 Å². The highest BCUT2D eigenvalue weighted by Crippen LogP contribution is 2.55. The Morgan fingerprint density at radius 3 is 2.46 bits per heavy atom. The van der Waals surface area contributed by atoms with E-state index in [4.69, 9.17) is 28.3 Å². The molecule has 2 aromatic carbocycles. The zero-order chi connectivity index (χ0) is 26.2. The van der Waals surface area contributed by atoms with Crippen molar-refractivity contribution in [2.24, 2.45) is 0 Å². The Bertz CT molecular complexity index is 1580. The lowest BCUT2D eigenvalue weighted by Crippen LogP contribution is -2.52. The number of anilines is 1. The third kappa shape index (κ3) is 3.22. The summed E-state index contributed by atoms with van der Waals surface area (Å²) in [6.45, 7) is 8.07. The summed E-state index contributed by atoms with van der Waals surface area (Å²) in [5, 5.41) is 9.12. The smallest absolute Gasteiger partial charge is 0.280 e. The van der Waals surface area contributed by atoms with Gasteiger partial charge in [0.05, 0.1) is 17.1 Å². The van der Waals surface area contributed by atoms with Crippen molar-refractivity contribution in [3.63, 3.8) is 0 Å². The standard InChI is InChI=1S/C29H26Cl2N4O2/c1-15(2)26-24-25(33-35(26)22-8-6-5-7-16(22)3)27(36)34(23-14-19(31)10-9-17(23)4)29(24)20-12-11-18(30)13-21(20)32-28(29)37/h5-10,13-15H,11-12H2,1-4H3,(H,32,37). The van der Waals surface area contributed by atoms with Gasteiger partial charge in [-0.2, -0.15) is 5.10 Å². The normalized spacial score (nSPS) is 20.6. The largest absolute Gasteiger partial charge is 0.323 e. The molecule has 1 aromatic heterocycles. The number of allylic oxidation sites excluding steroid dienone is 2. The molecule has 0 saturated carbocycles. The van der Waals surface area contributed by atoms with Gasteiger partial charge < -0.3 is 5.32 Å². The predicted octanol–water partition coefficient (Wildman–Crippen LogP) is 6.42. The van der Waals surface area contributed by atoms with Gasteiger partial charge in [0.15, 0.2) is 11.2 Å². The van der Waals surface area contributed by atoms with Crippen LogP contribution in [0, 0.1) is 13.8 Å². The van der Waals surface area contributed by atoms with E-state index in [1.54, 1.807) is 23.1 Å². The monoisotopic (exact) mass is 532 g/mol. The third-order valence-electron chi connectivity index (χ3n) is 7.58. The van der Waals surface area contributed by atoms with Crippen LogP contribution in [-0.4, -0.2) is 21.6 Å². The molecule has 188 valence electrons. The Kier molecular flexibility index (Phi) is 5.41. The van der Waals surface area contributed by atoms with Gasteiger partial charge >= 0.3 is 0 Å². The number of aromatic nitrogens is 2. The molecule has 6 rings (SSSR count). The van der Waals surface area contributed by atoms with Crippen molar-refractivity contribution in [1.29, 1.82) is 0 Å². The molecular formula is C29H26Cl2N4O2. The molecule has 2 aliphatic heterocycles. The van der Waals surface area contributed by atoms with Crippen LogP contribution in [0.3, 0.4) is 0 Å². The van der Waals surface area contributed by atoms with Crippen LogP contribution in [0.15, 0.2) is 64.8 Å². The average Bonchev–Trinajstić information content (AvgIpc) is 3.45. The van der Waals surface area contributed by atoms with Gasteiger partial charge in [-0.25, -0.2) is 4.68 Å². The van der Waals surface area contributed by atoms with Crippen molar-refractivity contribution in [3.8, 4) is 5.69 Å². The molecule has 3 aromatic rings. The minimum absolute atomic E-state index is 0.0268. The molecule has 1 unspecified atom stereocenters. The fourth-order valence-corrected chi connectivity index (χ4v) is 6.34. The van der Waals surface area contributed by atoms with E-state index in [1.165, 1.54) is 0 Å². The number of carbonyl (C=O) groups excluding carboxylic acids is 2. The van der Waals surface area contributed by atoms with Crippen molar-refractivity contribution in [2.75, 3.05) is 4.90 Å². The summed E-state index contributed by atoms with van der Waals surface area (Å²) in [5.74, 6) is -0.627. The number of nitrogens with zero attached hydrogens (tertiary/aromatic N) is 3. The summed E-state index contributed by atoms with van der Waals surface area (Å²) < 4.78 is 1.85. The van der Waals surface area contributed by atoms with Gasteiger partial charge in [-0.05, 0) is 73.6 Å². The summed E-state index contributed by atoms with van der Waals surface area (Å²) >= 11 is 12.8. The fourth-order valence-electron chi connectivity index (χ4n) is 5.97. The number of fused-ring (bicyclic) bond motifs is 3. The average molecular weight is 533 g/mol. The molecule has 6 nitrogen and oxygen atoms in total. The maximum atomic E-state index is 14.4. The maximum Gasteiger partial charge on any atom is 0.280 e. The first kappa shape index (κ1) is 24.0. The van der Waals surface area contributed by atoms with Crippen molar-refractivity contribution >= 4 is 40.7 Å². The molecule has 8 heteroatoms. The van der Waals surface area contributed by atoms with E-state index in [0.717, 1.165) is 28.1 Å². The van der Waals surface area contributed by atoms with E-state index in [0.29, 0.717) is 39.8 Å². The van der Waals surface area contributed by atoms with Crippen LogP contribution in [0.5, 0.6) is 0 Å². The molecule has 1 spiro atoms.